The Labute approximate surface area is 106 Å². The number of pyridine rings is 1. The molecule has 0 atom stereocenters. The maximum Gasteiger partial charge on any atom is 0.252 e. The predicted molar refractivity (Wildman–Crippen MR) is 67.9 cm³/mol. The van der Waals surface area contributed by atoms with Crippen LogP contribution >= 0.6 is 0 Å². The normalized spacial score (nSPS) is 15.4. The maximum absolute atomic E-state index is 12.0. The Morgan fingerprint density at radius 3 is 3.06 bits per heavy atom. The number of carbonyl (C=O) groups excluding carboxylic acids is 1. The van der Waals surface area contributed by atoms with Crippen LogP contribution in [0.2, 0.25) is 0 Å². The number of carbonyl (C=O) groups is 1. The van der Waals surface area contributed by atoms with Crippen molar-refractivity contribution in [1.82, 2.24) is 10.3 Å². The number of hydrogen-bond donors (Lipinski definition) is 2. The summed E-state index contributed by atoms with van der Waals surface area (Å²) in [6.07, 6.45) is 5.44. The summed E-state index contributed by atoms with van der Waals surface area (Å²) >= 11 is 0. The number of aliphatic hydroxyl groups excluding tert-OH is 1. The van der Waals surface area contributed by atoms with Crippen molar-refractivity contribution in [2.75, 3.05) is 13.2 Å². The van der Waals surface area contributed by atoms with Crippen molar-refractivity contribution in [2.45, 2.75) is 19.8 Å². The Bertz CT molecular complexity index is 510. The highest BCUT2D eigenvalue weighted by molar-refractivity contribution is 5.96. The SMILES string of the molecule is CC1(CNC(=O)c2ccncc2C#CCO)CC1. The lowest BCUT2D eigenvalue weighted by atomic mass is 10.1. The smallest absolute Gasteiger partial charge is 0.252 e. The summed E-state index contributed by atoms with van der Waals surface area (Å²) in [4.78, 5) is 16.0. The van der Waals surface area contributed by atoms with Gasteiger partial charge in [-0.25, -0.2) is 0 Å². The van der Waals surface area contributed by atoms with Gasteiger partial charge < -0.3 is 10.4 Å². The van der Waals surface area contributed by atoms with Gasteiger partial charge in [-0.3, -0.25) is 9.78 Å². The zero-order valence-corrected chi connectivity index (χ0v) is 10.4. The van der Waals surface area contributed by atoms with E-state index in [-0.39, 0.29) is 17.9 Å². The van der Waals surface area contributed by atoms with Gasteiger partial charge in [0, 0.05) is 18.9 Å². The molecule has 1 aliphatic rings. The van der Waals surface area contributed by atoms with Crippen LogP contribution in [0.25, 0.3) is 0 Å². The standard InChI is InChI=1S/C14H16N2O2/c1-14(5-6-14)10-16-13(18)12-4-7-15-9-11(12)3-2-8-17/h4,7,9,17H,5-6,8,10H2,1H3,(H,16,18). The van der Waals surface area contributed by atoms with Crippen LogP contribution in [0.4, 0.5) is 0 Å². The fourth-order valence-electron chi connectivity index (χ4n) is 1.61. The third-order valence-corrected chi connectivity index (χ3v) is 3.15. The van der Waals surface area contributed by atoms with Gasteiger partial charge in [0.05, 0.1) is 11.1 Å². The van der Waals surface area contributed by atoms with E-state index in [1.165, 1.54) is 19.0 Å². The van der Waals surface area contributed by atoms with Gasteiger partial charge in [0.15, 0.2) is 0 Å². The Morgan fingerprint density at radius 2 is 2.39 bits per heavy atom. The van der Waals surface area contributed by atoms with Gasteiger partial charge in [-0.2, -0.15) is 0 Å². The molecule has 1 aromatic heterocycles. The predicted octanol–water partition coefficient (Wildman–Crippen LogP) is 0.955. The molecule has 2 rings (SSSR count). The molecule has 4 nitrogen and oxygen atoms in total. The number of aliphatic hydroxyl groups is 1. The monoisotopic (exact) mass is 244 g/mol. The lowest BCUT2D eigenvalue weighted by Gasteiger charge is -2.10. The Kier molecular flexibility index (Phi) is 3.63. The highest BCUT2D eigenvalue weighted by Crippen LogP contribution is 2.44. The highest BCUT2D eigenvalue weighted by Gasteiger charge is 2.37. The van der Waals surface area contributed by atoms with Gasteiger partial charge >= 0.3 is 0 Å². The molecule has 1 saturated carbocycles. The Balaban J connectivity index is 2.08. The summed E-state index contributed by atoms with van der Waals surface area (Å²) < 4.78 is 0. The molecule has 4 heteroatoms. The lowest BCUT2D eigenvalue weighted by Crippen LogP contribution is -2.29. The van der Waals surface area contributed by atoms with E-state index in [9.17, 15) is 4.79 Å². The van der Waals surface area contributed by atoms with Crippen LogP contribution in [-0.4, -0.2) is 29.1 Å². The minimum Gasteiger partial charge on any atom is -0.384 e. The van der Waals surface area contributed by atoms with Crippen molar-refractivity contribution in [2.24, 2.45) is 5.41 Å². The summed E-state index contributed by atoms with van der Waals surface area (Å²) in [5.74, 6) is 5.13. The van der Waals surface area contributed by atoms with E-state index in [0.29, 0.717) is 17.7 Å². The zero-order valence-electron chi connectivity index (χ0n) is 10.4. The van der Waals surface area contributed by atoms with Gasteiger partial charge in [-0.1, -0.05) is 18.8 Å². The fraction of sp³-hybridized carbons (Fsp3) is 0.429. The van der Waals surface area contributed by atoms with Crippen molar-refractivity contribution in [3.05, 3.63) is 29.6 Å². The van der Waals surface area contributed by atoms with Crippen LogP contribution in [0.1, 0.15) is 35.7 Å². The number of amides is 1. The molecule has 0 spiro atoms. The molecule has 1 amide bonds. The van der Waals surface area contributed by atoms with E-state index in [0.717, 1.165) is 0 Å². The number of aromatic nitrogens is 1. The first-order valence-electron chi connectivity index (χ1n) is 5.97. The van der Waals surface area contributed by atoms with Gasteiger partial charge in [0.1, 0.15) is 6.61 Å². The highest BCUT2D eigenvalue weighted by atomic mass is 16.2. The van der Waals surface area contributed by atoms with E-state index >= 15 is 0 Å². The number of nitrogens with one attached hydrogen (secondary N) is 1. The van der Waals surface area contributed by atoms with E-state index in [1.807, 2.05) is 0 Å². The van der Waals surface area contributed by atoms with Crippen LogP contribution in [0.15, 0.2) is 18.5 Å². The molecule has 18 heavy (non-hydrogen) atoms. The quantitative estimate of drug-likeness (QED) is 0.778. The van der Waals surface area contributed by atoms with Crippen LogP contribution in [0.5, 0.6) is 0 Å². The molecule has 0 unspecified atom stereocenters. The van der Waals surface area contributed by atoms with Crippen molar-refractivity contribution < 1.29 is 9.90 Å². The largest absolute Gasteiger partial charge is 0.384 e. The first kappa shape index (κ1) is 12.6. The summed E-state index contributed by atoms with van der Waals surface area (Å²) in [7, 11) is 0. The number of hydrogen-bond acceptors (Lipinski definition) is 3. The van der Waals surface area contributed by atoms with Crippen molar-refractivity contribution >= 4 is 5.91 Å². The van der Waals surface area contributed by atoms with Crippen LogP contribution in [-0.2, 0) is 0 Å². The number of rotatable bonds is 3. The molecule has 2 N–H and O–H groups in total. The van der Waals surface area contributed by atoms with Crippen molar-refractivity contribution in [3.63, 3.8) is 0 Å². The van der Waals surface area contributed by atoms with Gasteiger partial charge in [0.2, 0.25) is 0 Å². The first-order chi connectivity index (χ1) is 8.64. The second kappa shape index (κ2) is 5.19. The van der Waals surface area contributed by atoms with Crippen LogP contribution < -0.4 is 5.32 Å². The third-order valence-electron chi connectivity index (χ3n) is 3.15. The summed E-state index contributed by atoms with van der Waals surface area (Å²) in [5, 5.41) is 11.6. The fourth-order valence-corrected chi connectivity index (χ4v) is 1.61. The molecule has 1 aromatic rings. The first-order valence-corrected chi connectivity index (χ1v) is 5.97. The minimum absolute atomic E-state index is 0.132. The van der Waals surface area contributed by atoms with E-state index < -0.39 is 0 Å². The molecule has 0 bridgehead atoms. The average Bonchev–Trinajstić information content (AvgIpc) is 3.12. The molecular formula is C14H16N2O2. The average molecular weight is 244 g/mol. The second-order valence-electron chi connectivity index (χ2n) is 4.87. The summed E-state index contributed by atoms with van der Waals surface area (Å²) in [6.45, 7) is 2.63. The third kappa shape index (κ3) is 3.08. The lowest BCUT2D eigenvalue weighted by molar-refractivity contribution is 0.0946. The molecule has 0 radical (unpaired) electrons. The molecule has 0 aliphatic heterocycles. The van der Waals surface area contributed by atoms with Crippen LogP contribution in [0, 0.1) is 17.3 Å². The van der Waals surface area contributed by atoms with Gasteiger partial charge in [-0.05, 0) is 24.3 Å². The summed E-state index contributed by atoms with van der Waals surface area (Å²) in [6, 6.07) is 1.64. The minimum atomic E-state index is -0.228. The Morgan fingerprint density at radius 1 is 1.61 bits per heavy atom. The maximum atomic E-state index is 12.0. The topological polar surface area (TPSA) is 62.2 Å². The van der Waals surface area contributed by atoms with Gasteiger partial charge in [0.25, 0.3) is 5.91 Å². The molecule has 1 heterocycles. The molecule has 0 aromatic carbocycles. The molecule has 94 valence electrons. The van der Waals surface area contributed by atoms with E-state index in [4.69, 9.17) is 5.11 Å². The molecule has 1 aliphatic carbocycles. The number of nitrogens with zero attached hydrogens (tertiary/aromatic N) is 1. The van der Waals surface area contributed by atoms with E-state index in [1.54, 1.807) is 12.3 Å². The summed E-state index contributed by atoms with van der Waals surface area (Å²) in [5.41, 5.74) is 1.33. The second-order valence-corrected chi connectivity index (χ2v) is 4.87. The molecular weight excluding hydrogens is 228 g/mol. The molecule has 0 saturated heterocycles. The van der Waals surface area contributed by atoms with Crippen molar-refractivity contribution in [1.29, 1.82) is 0 Å². The van der Waals surface area contributed by atoms with Crippen molar-refractivity contribution in [3.8, 4) is 11.8 Å². The van der Waals surface area contributed by atoms with Gasteiger partial charge in [-0.15, -0.1) is 0 Å². The van der Waals surface area contributed by atoms with E-state index in [2.05, 4.69) is 29.1 Å². The molecule has 1 fully saturated rings. The van der Waals surface area contributed by atoms with Crippen LogP contribution in [0.3, 0.4) is 0 Å². The zero-order chi connectivity index (χ0) is 13.0. The Hall–Kier alpha value is -1.86.